The molecule has 2 atom stereocenters. The molecule has 0 radical (unpaired) electrons. The third kappa shape index (κ3) is 5.73. The van der Waals surface area contributed by atoms with Crippen molar-refractivity contribution in [2.45, 2.75) is 19.0 Å². The third-order valence-corrected chi connectivity index (χ3v) is 5.76. The maximum absolute atomic E-state index is 13.3. The number of nitrogens with zero attached hydrogens (tertiary/aromatic N) is 1. The highest BCUT2D eigenvalue weighted by Gasteiger charge is 2.27. The van der Waals surface area contributed by atoms with Crippen LogP contribution >= 0.6 is 0 Å². The Kier molecular flexibility index (Phi) is 7.98. The summed E-state index contributed by atoms with van der Waals surface area (Å²) in [5, 5.41) is 24.0. The van der Waals surface area contributed by atoms with Gasteiger partial charge >= 0.3 is 0 Å². The average Bonchev–Trinajstić information content (AvgIpc) is 2.91. The van der Waals surface area contributed by atoms with Crippen LogP contribution in [-0.4, -0.2) is 28.9 Å². The number of nitrogens with one attached hydrogen (secondary N) is 1. The summed E-state index contributed by atoms with van der Waals surface area (Å²) >= 11 is 0. The number of aromatic hydroxyl groups is 2. The molecule has 4 aromatic carbocycles. The van der Waals surface area contributed by atoms with Crippen LogP contribution in [-0.2, 0) is 0 Å². The summed E-state index contributed by atoms with van der Waals surface area (Å²) in [6.45, 7) is 2.28. The van der Waals surface area contributed by atoms with Crippen LogP contribution in [0.1, 0.15) is 46.1 Å². The number of phenolic OH excluding ortho intramolecular Hbond substituents is 2. The number of phenols is 2. The summed E-state index contributed by atoms with van der Waals surface area (Å²) in [6, 6.07) is 29.8. The molecule has 0 aromatic heterocycles. The van der Waals surface area contributed by atoms with Gasteiger partial charge < -0.3 is 20.3 Å². The largest absolute Gasteiger partial charge is 0.507 e. The number of para-hydroxylation sites is 2. The highest BCUT2D eigenvalue weighted by Crippen LogP contribution is 2.34. The fourth-order valence-electron chi connectivity index (χ4n) is 3.98. The Balaban J connectivity index is 1.77. The first-order chi connectivity index (χ1) is 17.6. The first kappa shape index (κ1) is 24.5. The first-order valence-corrected chi connectivity index (χ1v) is 11.7. The number of aliphatic imine (C=N–C) groups is 1. The minimum absolute atomic E-state index is 0.00409. The zero-order valence-electron chi connectivity index (χ0n) is 19.9. The molecular formula is C30H28N2O4. The van der Waals surface area contributed by atoms with Crippen molar-refractivity contribution < 1.29 is 19.7 Å². The second-order valence-corrected chi connectivity index (χ2v) is 8.14. The standard InChI is InChI=1S/C30H28N2O4/c1-2-36-26-19-11-16-23(29(26)34)20-31-27(21-12-5-3-6-13-21)28(22-14-7-4-8-15-22)32-30(35)24-17-9-10-18-25(24)33/h3-20,27-28,33-34H,2H2,1H3,(H,32,35)/t27-,28-/m0/s1. The highest BCUT2D eigenvalue weighted by molar-refractivity contribution is 5.97. The van der Waals surface area contributed by atoms with Crippen molar-refractivity contribution in [2.24, 2.45) is 4.99 Å². The molecule has 0 aliphatic heterocycles. The Morgan fingerprint density at radius 2 is 1.50 bits per heavy atom. The van der Waals surface area contributed by atoms with Gasteiger partial charge in [-0.3, -0.25) is 9.79 Å². The number of amides is 1. The molecule has 0 saturated carbocycles. The van der Waals surface area contributed by atoms with Crippen LogP contribution in [0.3, 0.4) is 0 Å². The Morgan fingerprint density at radius 3 is 2.17 bits per heavy atom. The Morgan fingerprint density at radius 1 is 0.861 bits per heavy atom. The normalized spacial score (nSPS) is 12.7. The van der Waals surface area contributed by atoms with Gasteiger partial charge in [-0.05, 0) is 42.3 Å². The predicted molar refractivity (Wildman–Crippen MR) is 141 cm³/mol. The molecule has 6 nitrogen and oxygen atoms in total. The lowest BCUT2D eigenvalue weighted by molar-refractivity contribution is 0.0928. The van der Waals surface area contributed by atoms with Crippen molar-refractivity contribution in [1.29, 1.82) is 0 Å². The van der Waals surface area contributed by atoms with E-state index in [1.807, 2.05) is 67.6 Å². The molecule has 4 aromatic rings. The van der Waals surface area contributed by atoms with E-state index in [1.54, 1.807) is 42.6 Å². The number of rotatable bonds is 9. The number of ether oxygens (including phenoxy) is 1. The lowest BCUT2D eigenvalue weighted by Gasteiger charge is -2.26. The molecule has 182 valence electrons. The minimum atomic E-state index is -0.561. The van der Waals surface area contributed by atoms with Crippen LogP contribution in [0.5, 0.6) is 17.2 Å². The molecule has 0 heterocycles. The molecule has 0 aliphatic rings. The van der Waals surface area contributed by atoms with Gasteiger partial charge in [-0.25, -0.2) is 0 Å². The molecule has 0 spiro atoms. The molecule has 3 N–H and O–H groups in total. The molecule has 0 aliphatic carbocycles. The maximum Gasteiger partial charge on any atom is 0.255 e. The Bertz CT molecular complexity index is 1320. The second kappa shape index (κ2) is 11.7. The van der Waals surface area contributed by atoms with E-state index in [0.29, 0.717) is 17.9 Å². The maximum atomic E-state index is 13.3. The van der Waals surface area contributed by atoms with Gasteiger partial charge in [0.1, 0.15) is 5.75 Å². The average molecular weight is 481 g/mol. The van der Waals surface area contributed by atoms with E-state index in [-0.39, 0.29) is 17.1 Å². The fourth-order valence-corrected chi connectivity index (χ4v) is 3.98. The summed E-state index contributed by atoms with van der Waals surface area (Å²) < 4.78 is 5.51. The smallest absolute Gasteiger partial charge is 0.255 e. The molecule has 4 rings (SSSR count). The van der Waals surface area contributed by atoms with Crippen molar-refractivity contribution in [2.75, 3.05) is 6.61 Å². The molecule has 0 saturated heterocycles. The molecule has 1 amide bonds. The minimum Gasteiger partial charge on any atom is -0.507 e. The van der Waals surface area contributed by atoms with Crippen molar-refractivity contribution >= 4 is 12.1 Å². The fraction of sp³-hybridized carbons (Fsp3) is 0.133. The van der Waals surface area contributed by atoms with Crippen LogP contribution in [0, 0.1) is 0 Å². The van der Waals surface area contributed by atoms with Crippen LogP contribution < -0.4 is 10.1 Å². The third-order valence-electron chi connectivity index (χ3n) is 5.76. The molecular weight excluding hydrogens is 452 g/mol. The molecule has 6 heteroatoms. The number of hydrogen-bond donors (Lipinski definition) is 3. The Hall–Kier alpha value is -4.58. The van der Waals surface area contributed by atoms with Gasteiger partial charge in [0.15, 0.2) is 11.5 Å². The summed E-state index contributed by atoms with van der Waals surface area (Å²) in [5.41, 5.74) is 2.40. The number of carbonyl (C=O) groups excluding carboxylic acids is 1. The van der Waals surface area contributed by atoms with Gasteiger partial charge in [0.2, 0.25) is 0 Å². The van der Waals surface area contributed by atoms with Crippen LogP contribution in [0.4, 0.5) is 0 Å². The van der Waals surface area contributed by atoms with Crippen molar-refractivity contribution in [3.8, 4) is 17.2 Å². The molecule has 0 unspecified atom stereocenters. The van der Waals surface area contributed by atoms with Gasteiger partial charge in [0.25, 0.3) is 5.91 Å². The number of carbonyl (C=O) groups is 1. The van der Waals surface area contributed by atoms with Crippen molar-refractivity contribution in [3.05, 3.63) is 125 Å². The zero-order valence-corrected chi connectivity index (χ0v) is 19.9. The summed E-state index contributed by atoms with van der Waals surface area (Å²) in [4.78, 5) is 18.1. The summed E-state index contributed by atoms with van der Waals surface area (Å²) in [5.74, 6) is -0.131. The van der Waals surface area contributed by atoms with E-state index in [4.69, 9.17) is 9.73 Å². The summed E-state index contributed by atoms with van der Waals surface area (Å²) in [7, 11) is 0. The Labute approximate surface area is 210 Å². The molecule has 36 heavy (non-hydrogen) atoms. The monoisotopic (exact) mass is 480 g/mol. The van der Waals surface area contributed by atoms with E-state index < -0.39 is 18.0 Å². The van der Waals surface area contributed by atoms with Gasteiger partial charge in [-0.1, -0.05) is 78.9 Å². The first-order valence-electron chi connectivity index (χ1n) is 11.7. The lowest BCUT2D eigenvalue weighted by Crippen LogP contribution is -2.32. The van der Waals surface area contributed by atoms with E-state index >= 15 is 0 Å². The molecule has 0 fully saturated rings. The van der Waals surface area contributed by atoms with E-state index in [1.165, 1.54) is 6.07 Å². The van der Waals surface area contributed by atoms with Crippen LogP contribution in [0.2, 0.25) is 0 Å². The van der Waals surface area contributed by atoms with Crippen molar-refractivity contribution in [3.63, 3.8) is 0 Å². The van der Waals surface area contributed by atoms with Gasteiger partial charge in [-0.2, -0.15) is 0 Å². The predicted octanol–water partition coefficient (Wildman–Crippen LogP) is 5.83. The van der Waals surface area contributed by atoms with Crippen LogP contribution in [0.25, 0.3) is 0 Å². The zero-order chi connectivity index (χ0) is 25.3. The van der Waals surface area contributed by atoms with Gasteiger partial charge in [0, 0.05) is 11.8 Å². The molecule has 0 bridgehead atoms. The summed E-state index contributed by atoms with van der Waals surface area (Å²) in [6.07, 6.45) is 1.59. The van der Waals surface area contributed by atoms with Gasteiger partial charge in [-0.15, -0.1) is 0 Å². The van der Waals surface area contributed by atoms with E-state index in [2.05, 4.69) is 5.32 Å². The van der Waals surface area contributed by atoms with Crippen molar-refractivity contribution in [1.82, 2.24) is 5.32 Å². The lowest BCUT2D eigenvalue weighted by atomic mass is 9.93. The SMILES string of the molecule is CCOc1cccc(C=N[C@@H](c2ccccc2)[C@@H](NC(=O)c2ccccc2O)c2ccccc2)c1O. The highest BCUT2D eigenvalue weighted by atomic mass is 16.5. The topological polar surface area (TPSA) is 91.2 Å². The quantitative estimate of drug-likeness (QED) is 0.263. The number of benzene rings is 4. The number of hydrogen-bond acceptors (Lipinski definition) is 5. The van der Waals surface area contributed by atoms with E-state index in [9.17, 15) is 15.0 Å². The van der Waals surface area contributed by atoms with Crippen LogP contribution in [0.15, 0.2) is 108 Å². The second-order valence-electron chi connectivity index (χ2n) is 8.14. The van der Waals surface area contributed by atoms with Gasteiger partial charge in [0.05, 0.1) is 24.3 Å². The van der Waals surface area contributed by atoms with E-state index in [0.717, 1.165) is 11.1 Å².